The van der Waals surface area contributed by atoms with Crippen LogP contribution in [0.3, 0.4) is 0 Å². The number of carbonyl (C=O) groups excluding carboxylic acids is 1. The second kappa shape index (κ2) is 10.8. The molecule has 0 saturated carbocycles. The number of nitrogens with zero attached hydrogens (tertiary/aromatic N) is 2. The third-order valence-electron chi connectivity index (χ3n) is 6.45. The largest absolute Gasteiger partial charge is 0.491 e. The molecule has 1 atom stereocenters. The van der Waals surface area contributed by atoms with Gasteiger partial charge in [0.1, 0.15) is 11.8 Å². The summed E-state index contributed by atoms with van der Waals surface area (Å²) in [6, 6.07) is 14.3. The average Bonchev–Trinajstić information content (AvgIpc) is 3.06. The molecule has 188 valence electrons. The lowest BCUT2D eigenvalue weighted by Gasteiger charge is -2.20. The Balaban J connectivity index is 1.44. The van der Waals surface area contributed by atoms with Gasteiger partial charge in [-0.25, -0.2) is 8.42 Å². The maximum atomic E-state index is 13.2. The van der Waals surface area contributed by atoms with Crippen LogP contribution in [0.5, 0.6) is 5.75 Å². The van der Waals surface area contributed by atoms with Crippen molar-refractivity contribution in [3.05, 3.63) is 60.3 Å². The molecule has 7 nitrogen and oxygen atoms in total. The molecule has 2 heterocycles. The summed E-state index contributed by atoms with van der Waals surface area (Å²) in [4.78, 5) is 13.2. The van der Waals surface area contributed by atoms with E-state index in [1.165, 1.54) is 0 Å². The third kappa shape index (κ3) is 5.87. The molecule has 1 aromatic heterocycles. The molecule has 0 bridgehead atoms. The highest BCUT2D eigenvalue weighted by Gasteiger charge is 2.26. The van der Waals surface area contributed by atoms with Crippen molar-refractivity contribution in [1.29, 1.82) is 0 Å². The fraction of sp³-hybridized carbons (Fsp3) is 0.444. The fourth-order valence-corrected chi connectivity index (χ4v) is 6.05. The summed E-state index contributed by atoms with van der Waals surface area (Å²) in [7, 11) is -3.52. The first kappa shape index (κ1) is 25.3. The van der Waals surface area contributed by atoms with Gasteiger partial charge < -0.3 is 14.6 Å². The van der Waals surface area contributed by atoms with Gasteiger partial charge >= 0.3 is 0 Å². The van der Waals surface area contributed by atoms with Gasteiger partial charge in [0.15, 0.2) is 0 Å². The van der Waals surface area contributed by atoms with Crippen LogP contribution in [-0.4, -0.2) is 42.4 Å². The van der Waals surface area contributed by atoms with Crippen LogP contribution in [0.4, 0.5) is 0 Å². The van der Waals surface area contributed by atoms with Crippen molar-refractivity contribution in [2.75, 3.05) is 13.1 Å². The van der Waals surface area contributed by atoms with Gasteiger partial charge in [0, 0.05) is 36.7 Å². The number of ether oxygens (including phenoxy) is 1. The van der Waals surface area contributed by atoms with Gasteiger partial charge in [-0.3, -0.25) is 4.79 Å². The van der Waals surface area contributed by atoms with Gasteiger partial charge in [-0.15, -0.1) is 0 Å². The molecule has 1 unspecified atom stereocenters. The minimum absolute atomic E-state index is 0.105. The zero-order chi connectivity index (χ0) is 25.0. The van der Waals surface area contributed by atoms with Crippen LogP contribution in [-0.2, 0) is 21.4 Å². The number of nitrogens with one attached hydrogen (secondary N) is 1. The Morgan fingerprint density at radius 2 is 1.66 bits per heavy atom. The Morgan fingerprint density at radius 1 is 0.971 bits per heavy atom. The highest BCUT2D eigenvalue weighted by atomic mass is 32.2. The monoisotopic (exact) mass is 497 g/mol. The van der Waals surface area contributed by atoms with E-state index in [1.54, 1.807) is 22.5 Å². The van der Waals surface area contributed by atoms with E-state index >= 15 is 0 Å². The first-order chi connectivity index (χ1) is 16.8. The van der Waals surface area contributed by atoms with Crippen molar-refractivity contribution < 1.29 is 17.9 Å². The molecule has 3 aromatic rings. The van der Waals surface area contributed by atoms with E-state index in [1.807, 2.05) is 61.9 Å². The van der Waals surface area contributed by atoms with Crippen LogP contribution >= 0.6 is 0 Å². The summed E-state index contributed by atoms with van der Waals surface area (Å²) in [6.07, 6.45) is 5.91. The van der Waals surface area contributed by atoms with Crippen molar-refractivity contribution in [3.63, 3.8) is 0 Å². The SMILES string of the molecule is CC(C)Oc1ccc(CNC(=O)C(C)n2ccc3cc(S(=O)(=O)N4CCCCCC4)ccc32)cc1. The molecule has 2 aromatic carbocycles. The summed E-state index contributed by atoms with van der Waals surface area (Å²) in [5, 5.41) is 3.80. The average molecular weight is 498 g/mol. The Labute approximate surface area is 208 Å². The van der Waals surface area contributed by atoms with Gasteiger partial charge in [-0.05, 0) is 75.6 Å². The summed E-state index contributed by atoms with van der Waals surface area (Å²) in [5.41, 5.74) is 1.82. The number of rotatable bonds is 8. The zero-order valence-corrected chi connectivity index (χ0v) is 21.6. The Kier molecular flexibility index (Phi) is 7.82. The zero-order valence-electron chi connectivity index (χ0n) is 20.7. The number of fused-ring (bicyclic) bond motifs is 1. The second-order valence-corrected chi connectivity index (χ2v) is 11.4. The molecular formula is C27H35N3O4S. The maximum Gasteiger partial charge on any atom is 0.243 e. The lowest BCUT2D eigenvalue weighted by molar-refractivity contribution is -0.123. The van der Waals surface area contributed by atoms with Gasteiger partial charge in [-0.2, -0.15) is 4.31 Å². The first-order valence-electron chi connectivity index (χ1n) is 12.4. The number of hydrogen-bond acceptors (Lipinski definition) is 4. The van der Waals surface area contributed by atoms with Crippen molar-refractivity contribution in [2.45, 2.75) is 70.0 Å². The van der Waals surface area contributed by atoms with Crippen LogP contribution in [0.15, 0.2) is 59.6 Å². The van der Waals surface area contributed by atoms with E-state index in [-0.39, 0.29) is 12.0 Å². The highest BCUT2D eigenvalue weighted by molar-refractivity contribution is 7.89. The molecule has 0 spiro atoms. The molecular weight excluding hydrogens is 462 g/mol. The van der Waals surface area contributed by atoms with Crippen molar-refractivity contribution in [1.82, 2.24) is 14.2 Å². The van der Waals surface area contributed by atoms with Crippen LogP contribution in [0.25, 0.3) is 10.9 Å². The number of carbonyl (C=O) groups is 1. The van der Waals surface area contributed by atoms with Crippen molar-refractivity contribution in [3.8, 4) is 5.75 Å². The van der Waals surface area contributed by atoms with Gasteiger partial charge in [0.2, 0.25) is 15.9 Å². The smallest absolute Gasteiger partial charge is 0.243 e. The number of sulfonamides is 1. The second-order valence-electron chi connectivity index (χ2n) is 9.47. The topological polar surface area (TPSA) is 80.6 Å². The summed E-state index contributed by atoms with van der Waals surface area (Å²) < 4.78 is 35.5. The molecule has 1 aliphatic heterocycles. The lowest BCUT2D eigenvalue weighted by Crippen LogP contribution is -2.32. The van der Waals surface area contributed by atoms with Gasteiger partial charge in [-0.1, -0.05) is 25.0 Å². The molecule has 1 saturated heterocycles. The minimum atomic E-state index is -3.52. The van der Waals surface area contributed by atoms with Crippen LogP contribution in [0.1, 0.15) is 58.1 Å². The molecule has 4 rings (SSSR count). The van der Waals surface area contributed by atoms with E-state index in [4.69, 9.17) is 4.74 Å². The predicted octanol–water partition coefficient (Wildman–Crippen LogP) is 4.87. The Morgan fingerprint density at radius 3 is 2.31 bits per heavy atom. The molecule has 1 aliphatic rings. The van der Waals surface area contributed by atoms with Gasteiger partial charge in [0.25, 0.3) is 0 Å². The fourth-order valence-electron chi connectivity index (χ4n) is 4.49. The van der Waals surface area contributed by atoms with Crippen molar-refractivity contribution in [2.24, 2.45) is 0 Å². The normalized spacial score (nSPS) is 16.2. The summed E-state index contributed by atoms with van der Waals surface area (Å²) in [5.74, 6) is 0.700. The maximum absolute atomic E-state index is 13.2. The van der Waals surface area contributed by atoms with E-state index < -0.39 is 16.1 Å². The molecule has 0 radical (unpaired) electrons. The minimum Gasteiger partial charge on any atom is -0.491 e. The molecule has 35 heavy (non-hydrogen) atoms. The number of aromatic nitrogens is 1. The van der Waals surface area contributed by atoms with Crippen LogP contribution < -0.4 is 10.1 Å². The van der Waals surface area contributed by atoms with Crippen LogP contribution in [0, 0.1) is 0 Å². The third-order valence-corrected chi connectivity index (χ3v) is 8.35. The standard InChI is InChI=1S/C27H35N3O4S/c1-20(2)34-24-10-8-22(9-11-24)19-28-27(31)21(3)30-17-14-23-18-25(12-13-26(23)30)35(32,33)29-15-6-4-5-7-16-29/h8-14,17-18,20-21H,4-7,15-16,19H2,1-3H3,(H,28,31). The Bertz CT molecular complexity index is 1260. The predicted molar refractivity (Wildman–Crippen MR) is 138 cm³/mol. The molecule has 1 fully saturated rings. The summed E-state index contributed by atoms with van der Waals surface area (Å²) >= 11 is 0. The number of hydrogen-bond donors (Lipinski definition) is 1. The van der Waals surface area contributed by atoms with E-state index in [0.29, 0.717) is 24.5 Å². The Hall–Kier alpha value is -2.84. The van der Waals surface area contributed by atoms with E-state index in [2.05, 4.69) is 5.32 Å². The highest BCUT2D eigenvalue weighted by Crippen LogP contribution is 2.26. The first-order valence-corrected chi connectivity index (χ1v) is 13.8. The molecule has 0 aliphatic carbocycles. The molecule has 1 amide bonds. The van der Waals surface area contributed by atoms with Gasteiger partial charge in [0.05, 0.1) is 11.0 Å². The number of benzene rings is 2. The number of amides is 1. The van der Waals surface area contributed by atoms with Crippen LogP contribution in [0.2, 0.25) is 0 Å². The quantitative estimate of drug-likeness (QED) is 0.481. The van der Waals surface area contributed by atoms with Crippen molar-refractivity contribution >= 4 is 26.8 Å². The van der Waals surface area contributed by atoms with E-state index in [9.17, 15) is 13.2 Å². The lowest BCUT2D eigenvalue weighted by atomic mass is 10.2. The van der Waals surface area contributed by atoms with E-state index in [0.717, 1.165) is 47.9 Å². The molecule has 8 heteroatoms. The summed E-state index contributed by atoms with van der Waals surface area (Å²) in [6.45, 7) is 7.38. The molecule has 1 N–H and O–H groups in total.